The zero-order chi connectivity index (χ0) is 13.5. The number of aryl methyl sites for hydroxylation is 1. The van der Waals surface area contributed by atoms with Crippen LogP contribution in [0, 0.1) is 5.92 Å². The van der Waals surface area contributed by atoms with Crippen molar-refractivity contribution in [3.8, 4) is 0 Å². The van der Waals surface area contributed by atoms with Crippen LogP contribution in [0.4, 0.5) is 0 Å². The van der Waals surface area contributed by atoms with E-state index in [-0.39, 0.29) is 5.84 Å². The molecule has 1 heterocycles. The minimum absolute atomic E-state index is 0.268. The summed E-state index contributed by atoms with van der Waals surface area (Å²) in [7, 11) is 1.91. The van der Waals surface area contributed by atoms with Gasteiger partial charge in [0.1, 0.15) is 5.84 Å². The number of hydrogen-bond acceptors (Lipinski definition) is 4. The van der Waals surface area contributed by atoms with E-state index in [1.165, 1.54) is 0 Å². The van der Waals surface area contributed by atoms with Crippen LogP contribution in [-0.2, 0) is 13.6 Å². The predicted octanol–water partition coefficient (Wildman–Crippen LogP) is 1.01. The molecule has 0 aromatic carbocycles. The third-order valence-electron chi connectivity index (χ3n) is 2.59. The first-order chi connectivity index (χ1) is 8.51. The van der Waals surface area contributed by atoms with Crippen LogP contribution in [0.15, 0.2) is 17.4 Å². The summed E-state index contributed by atoms with van der Waals surface area (Å²) in [5.41, 5.74) is 6.54. The molecule has 1 aromatic heterocycles. The molecular weight excluding hydrogens is 230 g/mol. The molecule has 0 aliphatic heterocycles. The summed E-state index contributed by atoms with van der Waals surface area (Å²) in [6, 6.07) is 2.01. The van der Waals surface area contributed by atoms with Crippen LogP contribution in [0.2, 0.25) is 0 Å². The molecule has 0 bridgehead atoms. The van der Waals surface area contributed by atoms with E-state index in [2.05, 4.69) is 29.0 Å². The minimum atomic E-state index is 0.268. The van der Waals surface area contributed by atoms with Gasteiger partial charge in [-0.25, -0.2) is 0 Å². The number of oxime groups is 1. The SMILES string of the molecule is CC(C)CN(CC/C(N)=N/O)Cc1ccn(C)n1. The number of amidine groups is 1. The lowest BCUT2D eigenvalue weighted by Gasteiger charge is -2.23. The molecule has 6 heteroatoms. The minimum Gasteiger partial charge on any atom is -0.409 e. The second-order valence-electron chi connectivity index (χ2n) is 4.95. The molecule has 1 aromatic rings. The molecule has 0 saturated heterocycles. The lowest BCUT2D eigenvalue weighted by Crippen LogP contribution is -2.31. The number of nitrogens with two attached hydrogens (primary N) is 1. The Morgan fingerprint density at radius 2 is 2.33 bits per heavy atom. The Balaban J connectivity index is 2.55. The van der Waals surface area contributed by atoms with Crippen molar-refractivity contribution in [1.29, 1.82) is 0 Å². The Hall–Kier alpha value is -1.56. The van der Waals surface area contributed by atoms with Crippen LogP contribution in [0.1, 0.15) is 26.0 Å². The Labute approximate surface area is 108 Å². The first-order valence-electron chi connectivity index (χ1n) is 6.18. The maximum absolute atomic E-state index is 8.55. The third kappa shape index (κ3) is 5.18. The van der Waals surface area contributed by atoms with Crippen molar-refractivity contribution in [2.75, 3.05) is 13.1 Å². The standard InChI is InChI=1S/C12H23N5O/c1-10(2)8-17(7-5-12(13)15-18)9-11-4-6-16(3)14-11/h4,6,10,18H,5,7-9H2,1-3H3,(H2,13,15). The van der Waals surface area contributed by atoms with Gasteiger partial charge in [-0.05, 0) is 12.0 Å². The molecule has 0 saturated carbocycles. The lowest BCUT2D eigenvalue weighted by molar-refractivity contribution is 0.237. The van der Waals surface area contributed by atoms with E-state index in [1.807, 2.05) is 19.3 Å². The molecule has 0 aliphatic carbocycles. The quantitative estimate of drug-likeness (QED) is 0.329. The average Bonchev–Trinajstić information content (AvgIpc) is 2.70. The van der Waals surface area contributed by atoms with Gasteiger partial charge in [0.25, 0.3) is 0 Å². The Bertz CT molecular complexity index is 386. The smallest absolute Gasteiger partial charge is 0.140 e. The number of nitrogens with zero attached hydrogens (tertiary/aromatic N) is 4. The normalized spacial score (nSPS) is 12.6. The van der Waals surface area contributed by atoms with E-state index in [0.717, 1.165) is 25.3 Å². The molecule has 102 valence electrons. The van der Waals surface area contributed by atoms with Crippen LogP contribution >= 0.6 is 0 Å². The summed E-state index contributed by atoms with van der Waals surface area (Å²) < 4.78 is 1.80. The molecule has 0 spiro atoms. The second-order valence-corrected chi connectivity index (χ2v) is 4.95. The Kier molecular flexibility index (Phi) is 5.64. The molecule has 3 N–H and O–H groups in total. The van der Waals surface area contributed by atoms with Gasteiger partial charge < -0.3 is 10.9 Å². The zero-order valence-electron chi connectivity index (χ0n) is 11.4. The summed E-state index contributed by atoms with van der Waals surface area (Å²) in [6.45, 7) is 6.88. The van der Waals surface area contributed by atoms with E-state index in [0.29, 0.717) is 12.3 Å². The fourth-order valence-electron chi connectivity index (χ4n) is 1.85. The summed E-state index contributed by atoms with van der Waals surface area (Å²) in [5.74, 6) is 0.839. The van der Waals surface area contributed by atoms with Crippen molar-refractivity contribution in [3.63, 3.8) is 0 Å². The first kappa shape index (κ1) is 14.5. The largest absolute Gasteiger partial charge is 0.409 e. The maximum Gasteiger partial charge on any atom is 0.140 e. The highest BCUT2D eigenvalue weighted by Gasteiger charge is 2.10. The average molecular weight is 253 g/mol. The number of rotatable bonds is 7. The molecule has 0 amide bonds. The van der Waals surface area contributed by atoms with Crippen LogP contribution < -0.4 is 5.73 Å². The van der Waals surface area contributed by atoms with Gasteiger partial charge in [-0.15, -0.1) is 0 Å². The monoisotopic (exact) mass is 253 g/mol. The van der Waals surface area contributed by atoms with E-state index in [1.54, 1.807) is 4.68 Å². The fourth-order valence-corrected chi connectivity index (χ4v) is 1.85. The van der Waals surface area contributed by atoms with Gasteiger partial charge in [-0.3, -0.25) is 9.58 Å². The molecule has 0 atom stereocenters. The first-order valence-corrected chi connectivity index (χ1v) is 6.18. The van der Waals surface area contributed by atoms with Crippen molar-refractivity contribution in [2.45, 2.75) is 26.8 Å². The van der Waals surface area contributed by atoms with Crippen molar-refractivity contribution >= 4 is 5.84 Å². The summed E-state index contributed by atoms with van der Waals surface area (Å²) in [5, 5.41) is 15.9. The van der Waals surface area contributed by atoms with Gasteiger partial charge >= 0.3 is 0 Å². The van der Waals surface area contributed by atoms with Crippen molar-refractivity contribution in [1.82, 2.24) is 14.7 Å². The van der Waals surface area contributed by atoms with Gasteiger partial charge in [0, 0.05) is 39.3 Å². The summed E-state index contributed by atoms with van der Waals surface area (Å²) >= 11 is 0. The summed E-state index contributed by atoms with van der Waals surface area (Å²) in [4.78, 5) is 2.27. The van der Waals surface area contributed by atoms with Crippen LogP contribution in [-0.4, -0.2) is 38.8 Å². The van der Waals surface area contributed by atoms with E-state index in [9.17, 15) is 0 Å². The second kappa shape index (κ2) is 7.00. The van der Waals surface area contributed by atoms with Gasteiger partial charge in [0.05, 0.1) is 5.69 Å². The Morgan fingerprint density at radius 1 is 1.61 bits per heavy atom. The van der Waals surface area contributed by atoms with Gasteiger partial charge in [0.15, 0.2) is 0 Å². The van der Waals surface area contributed by atoms with Gasteiger partial charge in [-0.2, -0.15) is 5.10 Å². The van der Waals surface area contributed by atoms with E-state index in [4.69, 9.17) is 10.9 Å². The summed E-state index contributed by atoms with van der Waals surface area (Å²) in [6.07, 6.45) is 2.50. The maximum atomic E-state index is 8.55. The number of aromatic nitrogens is 2. The van der Waals surface area contributed by atoms with Crippen LogP contribution in [0.3, 0.4) is 0 Å². The molecule has 6 nitrogen and oxygen atoms in total. The van der Waals surface area contributed by atoms with E-state index < -0.39 is 0 Å². The zero-order valence-corrected chi connectivity index (χ0v) is 11.4. The van der Waals surface area contributed by atoms with E-state index >= 15 is 0 Å². The highest BCUT2D eigenvalue weighted by atomic mass is 16.4. The van der Waals surface area contributed by atoms with Crippen molar-refractivity contribution in [2.24, 2.45) is 23.9 Å². The van der Waals surface area contributed by atoms with Crippen molar-refractivity contribution in [3.05, 3.63) is 18.0 Å². The van der Waals surface area contributed by atoms with Gasteiger partial charge in [0.2, 0.25) is 0 Å². The molecule has 0 aliphatic rings. The van der Waals surface area contributed by atoms with Crippen LogP contribution in [0.25, 0.3) is 0 Å². The van der Waals surface area contributed by atoms with Gasteiger partial charge in [-0.1, -0.05) is 19.0 Å². The van der Waals surface area contributed by atoms with Crippen molar-refractivity contribution < 1.29 is 5.21 Å². The molecular formula is C12H23N5O. The topological polar surface area (TPSA) is 79.7 Å². The molecule has 0 radical (unpaired) electrons. The van der Waals surface area contributed by atoms with Crippen LogP contribution in [0.5, 0.6) is 0 Å². The highest BCUT2D eigenvalue weighted by Crippen LogP contribution is 2.06. The number of hydrogen-bond donors (Lipinski definition) is 2. The molecule has 0 unspecified atom stereocenters. The third-order valence-corrected chi connectivity index (χ3v) is 2.59. The highest BCUT2D eigenvalue weighted by molar-refractivity contribution is 5.79. The lowest BCUT2D eigenvalue weighted by atomic mass is 10.2. The molecule has 0 fully saturated rings. The fraction of sp³-hybridized carbons (Fsp3) is 0.667. The molecule has 18 heavy (non-hydrogen) atoms. The predicted molar refractivity (Wildman–Crippen MR) is 71.3 cm³/mol. The molecule has 1 rings (SSSR count). The Morgan fingerprint density at radius 3 is 2.83 bits per heavy atom.